The Morgan fingerprint density at radius 2 is 2.04 bits per heavy atom. The highest BCUT2D eigenvalue weighted by Gasteiger charge is 2.46. The molecule has 2 fully saturated rings. The van der Waals surface area contributed by atoms with E-state index in [1.165, 1.54) is 18.6 Å². The van der Waals surface area contributed by atoms with Crippen LogP contribution >= 0.6 is 11.6 Å². The number of rotatable bonds is 6. The van der Waals surface area contributed by atoms with Gasteiger partial charge in [0.25, 0.3) is 5.91 Å². The smallest absolute Gasteiger partial charge is 0.269 e. The topological polar surface area (TPSA) is 93.1 Å². The van der Waals surface area contributed by atoms with Gasteiger partial charge in [0.05, 0.1) is 28.4 Å². The Labute approximate surface area is 167 Å². The SMILES string of the molecule is Cn1cnc(-c2cc(Cl)c(F)c(C(=O)NNS(=O)(=O)CC3CC4CC4C3)c2)c1. The van der Waals surface area contributed by atoms with Crippen LogP contribution in [0.15, 0.2) is 24.7 Å². The number of aromatic nitrogens is 2. The minimum absolute atomic E-state index is 0.0442. The van der Waals surface area contributed by atoms with Crippen molar-refractivity contribution in [3.05, 3.63) is 41.1 Å². The van der Waals surface area contributed by atoms with Gasteiger partial charge in [0.15, 0.2) is 5.82 Å². The Bertz CT molecular complexity index is 1030. The maximum atomic E-state index is 14.4. The molecule has 2 saturated carbocycles. The molecule has 1 aromatic heterocycles. The average molecular weight is 427 g/mol. The lowest BCUT2D eigenvalue weighted by Gasteiger charge is -2.14. The van der Waals surface area contributed by atoms with Crippen LogP contribution in [-0.2, 0) is 17.1 Å². The van der Waals surface area contributed by atoms with Crippen LogP contribution in [0.4, 0.5) is 4.39 Å². The molecule has 2 aliphatic carbocycles. The maximum Gasteiger partial charge on any atom is 0.269 e. The summed E-state index contributed by atoms with van der Waals surface area (Å²) in [5, 5.41) is -0.249. The summed E-state index contributed by atoms with van der Waals surface area (Å²) >= 11 is 5.91. The predicted molar refractivity (Wildman–Crippen MR) is 102 cm³/mol. The molecular weight excluding hydrogens is 407 g/mol. The van der Waals surface area contributed by atoms with Crippen molar-refractivity contribution in [2.45, 2.75) is 19.3 Å². The molecule has 0 radical (unpaired) electrons. The fraction of sp³-hybridized carbons (Fsp3) is 0.444. The van der Waals surface area contributed by atoms with Crippen molar-refractivity contribution in [2.75, 3.05) is 5.75 Å². The van der Waals surface area contributed by atoms with Crippen LogP contribution in [0.1, 0.15) is 29.6 Å². The first-order valence-electron chi connectivity index (χ1n) is 8.99. The van der Waals surface area contributed by atoms with Crippen LogP contribution in [0.3, 0.4) is 0 Å². The normalized spacial score (nSPS) is 23.5. The molecule has 28 heavy (non-hydrogen) atoms. The van der Waals surface area contributed by atoms with Crippen LogP contribution < -0.4 is 10.3 Å². The van der Waals surface area contributed by atoms with Crippen molar-refractivity contribution in [1.82, 2.24) is 19.8 Å². The van der Waals surface area contributed by atoms with Gasteiger partial charge in [-0.05, 0) is 49.1 Å². The third kappa shape index (κ3) is 4.06. The lowest BCUT2D eigenvalue weighted by Crippen LogP contribution is -2.44. The van der Waals surface area contributed by atoms with Crippen LogP contribution in [0, 0.1) is 23.6 Å². The number of fused-ring (bicyclic) bond motifs is 1. The quantitative estimate of drug-likeness (QED) is 0.694. The van der Waals surface area contributed by atoms with Crippen molar-refractivity contribution >= 4 is 27.5 Å². The number of imidazole rings is 1. The Morgan fingerprint density at radius 1 is 1.32 bits per heavy atom. The third-order valence-corrected chi connectivity index (χ3v) is 6.99. The minimum Gasteiger partial charge on any atom is -0.340 e. The van der Waals surface area contributed by atoms with Gasteiger partial charge in [-0.1, -0.05) is 11.6 Å². The zero-order valence-electron chi connectivity index (χ0n) is 15.2. The van der Waals surface area contributed by atoms with Gasteiger partial charge < -0.3 is 4.57 Å². The van der Waals surface area contributed by atoms with Crippen LogP contribution in [0.25, 0.3) is 11.3 Å². The van der Waals surface area contributed by atoms with Crippen molar-refractivity contribution in [1.29, 1.82) is 0 Å². The molecule has 2 aromatic rings. The van der Waals surface area contributed by atoms with E-state index in [-0.39, 0.29) is 22.3 Å². The summed E-state index contributed by atoms with van der Waals surface area (Å²) in [7, 11) is -1.93. The standard InChI is InChI=1S/C18H20ClFN4O3S/c1-24-7-16(21-9-24)13-5-14(17(20)15(19)6-13)18(25)22-23-28(26,27)8-10-2-11-4-12(11)3-10/h5-7,9-12,23H,2-4,8H2,1H3,(H,22,25). The number of nitrogens with zero attached hydrogens (tertiary/aromatic N) is 2. The fourth-order valence-electron chi connectivity index (χ4n) is 3.98. The highest BCUT2D eigenvalue weighted by molar-refractivity contribution is 7.89. The first kappa shape index (κ1) is 19.4. The molecule has 0 bridgehead atoms. The summed E-state index contributed by atoms with van der Waals surface area (Å²) < 4.78 is 40.5. The molecule has 1 aromatic carbocycles. The molecule has 7 nitrogen and oxygen atoms in total. The highest BCUT2D eigenvalue weighted by Crippen LogP contribution is 2.54. The second-order valence-electron chi connectivity index (χ2n) is 7.67. The summed E-state index contributed by atoms with van der Waals surface area (Å²) in [6.45, 7) is 0. The summed E-state index contributed by atoms with van der Waals surface area (Å²) in [6.07, 6.45) is 6.28. The number of hydrogen-bond donors (Lipinski definition) is 2. The molecule has 2 aliphatic rings. The predicted octanol–water partition coefficient (Wildman–Crippen LogP) is 2.49. The van der Waals surface area contributed by atoms with Crippen LogP contribution in [0.2, 0.25) is 5.02 Å². The lowest BCUT2D eigenvalue weighted by molar-refractivity contribution is 0.0941. The summed E-state index contributed by atoms with van der Waals surface area (Å²) in [4.78, 5) is 18.6. The van der Waals surface area contributed by atoms with Gasteiger partial charge in [-0.25, -0.2) is 17.8 Å². The van der Waals surface area contributed by atoms with Crippen LogP contribution in [0.5, 0.6) is 0 Å². The minimum atomic E-state index is -3.71. The second kappa shape index (κ2) is 7.13. The number of aryl methyl sites for hydroxylation is 1. The molecule has 0 aliphatic heterocycles. The zero-order valence-corrected chi connectivity index (χ0v) is 16.7. The lowest BCUT2D eigenvalue weighted by atomic mass is 10.1. The molecule has 4 rings (SSSR count). The van der Waals surface area contributed by atoms with E-state index < -0.39 is 21.7 Å². The number of sulfonamides is 1. The molecule has 0 saturated heterocycles. The van der Waals surface area contributed by atoms with Crippen molar-refractivity contribution in [3.8, 4) is 11.3 Å². The van der Waals surface area contributed by atoms with E-state index in [1.54, 1.807) is 24.1 Å². The Balaban J connectivity index is 1.45. The maximum absolute atomic E-state index is 14.4. The monoisotopic (exact) mass is 426 g/mol. The number of amides is 1. The van der Waals surface area contributed by atoms with E-state index in [2.05, 4.69) is 15.2 Å². The number of carbonyl (C=O) groups is 1. The van der Waals surface area contributed by atoms with Gasteiger partial charge in [0.2, 0.25) is 10.0 Å². The number of hydrogen-bond acceptors (Lipinski definition) is 4. The molecule has 2 N–H and O–H groups in total. The molecule has 10 heteroatoms. The highest BCUT2D eigenvalue weighted by atomic mass is 35.5. The molecular formula is C18H20ClFN4O3S. The molecule has 150 valence electrons. The van der Waals surface area contributed by atoms with Gasteiger partial charge in [-0.2, -0.15) is 0 Å². The Kier molecular flexibility index (Phi) is 4.93. The third-order valence-electron chi connectivity index (χ3n) is 5.39. The largest absolute Gasteiger partial charge is 0.340 e. The van der Waals surface area contributed by atoms with Gasteiger partial charge in [0.1, 0.15) is 0 Å². The number of carbonyl (C=O) groups excluding carboxylic acids is 1. The van der Waals surface area contributed by atoms with E-state index in [0.717, 1.165) is 12.8 Å². The van der Waals surface area contributed by atoms with Crippen molar-refractivity contribution in [3.63, 3.8) is 0 Å². The Hall–Kier alpha value is -1.97. The van der Waals surface area contributed by atoms with Gasteiger partial charge >= 0.3 is 0 Å². The first-order valence-corrected chi connectivity index (χ1v) is 11.0. The van der Waals surface area contributed by atoms with Gasteiger partial charge in [-0.3, -0.25) is 10.2 Å². The van der Waals surface area contributed by atoms with Crippen LogP contribution in [-0.4, -0.2) is 29.6 Å². The number of hydrazine groups is 1. The van der Waals surface area contributed by atoms with E-state index in [0.29, 0.717) is 23.1 Å². The van der Waals surface area contributed by atoms with Gasteiger partial charge in [0, 0.05) is 18.8 Å². The molecule has 1 amide bonds. The van der Waals surface area contributed by atoms with E-state index >= 15 is 0 Å². The first-order chi connectivity index (χ1) is 13.2. The average Bonchev–Trinajstić information content (AvgIpc) is 3.01. The van der Waals surface area contributed by atoms with Crippen molar-refractivity contribution in [2.24, 2.45) is 24.8 Å². The van der Waals surface area contributed by atoms with E-state index in [4.69, 9.17) is 11.6 Å². The van der Waals surface area contributed by atoms with Crippen molar-refractivity contribution < 1.29 is 17.6 Å². The zero-order chi connectivity index (χ0) is 20.1. The molecule has 2 atom stereocenters. The fourth-order valence-corrected chi connectivity index (χ4v) is 5.43. The van der Waals surface area contributed by atoms with Gasteiger partial charge in [-0.15, -0.1) is 4.83 Å². The van der Waals surface area contributed by atoms with E-state index in [9.17, 15) is 17.6 Å². The molecule has 2 unspecified atom stereocenters. The molecule has 0 spiro atoms. The summed E-state index contributed by atoms with van der Waals surface area (Å²) in [6, 6.07) is 2.66. The number of nitrogens with one attached hydrogen (secondary N) is 2. The summed E-state index contributed by atoms with van der Waals surface area (Å²) in [5.74, 6) is -0.446. The van der Waals surface area contributed by atoms with E-state index in [1.807, 2.05) is 0 Å². The molecule has 1 heterocycles. The second-order valence-corrected chi connectivity index (χ2v) is 9.85. The summed E-state index contributed by atoms with van der Waals surface area (Å²) in [5.41, 5.74) is 2.69. The number of halogens is 2. The Morgan fingerprint density at radius 3 is 2.68 bits per heavy atom. The number of benzene rings is 1.